The zero-order valence-corrected chi connectivity index (χ0v) is 15.8. The van der Waals surface area contributed by atoms with E-state index in [1.807, 2.05) is 31.2 Å². The maximum atomic E-state index is 12.3. The van der Waals surface area contributed by atoms with Crippen molar-refractivity contribution in [2.75, 3.05) is 11.1 Å². The Bertz CT molecular complexity index is 809. The smallest absolute Gasteiger partial charge is 0.225 e. The van der Waals surface area contributed by atoms with Crippen molar-refractivity contribution in [2.24, 2.45) is 0 Å². The molecule has 0 unspecified atom stereocenters. The van der Waals surface area contributed by atoms with E-state index in [9.17, 15) is 13.2 Å². The zero-order chi connectivity index (χ0) is 18.4. The number of hydrogen-bond donors (Lipinski definition) is 1. The summed E-state index contributed by atoms with van der Waals surface area (Å²) in [5.74, 6) is -0.0243. The van der Waals surface area contributed by atoms with Crippen LogP contribution in [0.2, 0.25) is 0 Å². The molecule has 0 saturated heterocycles. The largest absolute Gasteiger partial charge is 0.326 e. The van der Waals surface area contributed by atoms with E-state index in [1.165, 1.54) is 5.56 Å². The average Bonchev–Trinajstić information content (AvgIpc) is 2.60. The summed E-state index contributed by atoms with van der Waals surface area (Å²) < 4.78 is 24.5. The second-order valence-corrected chi connectivity index (χ2v) is 8.47. The number of aryl methyl sites for hydroxylation is 1. The van der Waals surface area contributed by atoms with Gasteiger partial charge in [-0.05, 0) is 49.1 Å². The Morgan fingerprint density at radius 2 is 1.64 bits per heavy atom. The summed E-state index contributed by atoms with van der Waals surface area (Å²) in [6.07, 6.45) is 0.992. The van der Waals surface area contributed by atoms with Gasteiger partial charge in [-0.25, -0.2) is 8.42 Å². The molecule has 4 nitrogen and oxygen atoms in total. The number of carbonyl (C=O) groups is 1. The fraction of sp³-hybridized carbons (Fsp3) is 0.350. The second-order valence-electron chi connectivity index (χ2n) is 6.36. The molecule has 0 aliphatic carbocycles. The Morgan fingerprint density at radius 3 is 2.20 bits per heavy atom. The van der Waals surface area contributed by atoms with Crippen molar-refractivity contribution >= 4 is 21.4 Å². The van der Waals surface area contributed by atoms with Gasteiger partial charge >= 0.3 is 0 Å². The van der Waals surface area contributed by atoms with Crippen LogP contribution in [0.25, 0.3) is 0 Å². The van der Waals surface area contributed by atoms with Crippen molar-refractivity contribution in [3.63, 3.8) is 0 Å². The van der Waals surface area contributed by atoms with Crippen molar-refractivity contribution in [3.05, 3.63) is 59.7 Å². The van der Waals surface area contributed by atoms with Crippen LogP contribution in [0.3, 0.4) is 0 Å². The minimum atomic E-state index is -3.45. The van der Waals surface area contributed by atoms with Crippen LogP contribution >= 0.6 is 0 Å². The van der Waals surface area contributed by atoms with E-state index in [0.29, 0.717) is 11.6 Å². The molecule has 25 heavy (non-hydrogen) atoms. The third-order valence-corrected chi connectivity index (χ3v) is 6.09. The first-order chi connectivity index (χ1) is 11.8. The molecule has 0 fully saturated rings. The van der Waals surface area contributed by atoms with Gasteiger partial charge in [0.15, 0.2) is 9.84 Å². The predicted molar refractivity (Wildman–Crippen MR) is 102 cm³/mol. The highest BCUT2D eigenvalue weighted by Crippen LogP contribution is 2.20. The van der Waals surface area contributed by atoms with Crippen LogP contribution in [0, 0.1) is 6.92 Å². The van der Waals surface area contributed by atoms with Gasteiger partial charge in [-0.3, -0.25) is 4.79 Å². The molecular formula is C20H25NO3S. The van der Waals surface area contributed by atoms with Gasteiger partial charge in [0.2, 0.25) is 5.91 Å². The lowest BCUT2D eigenvalue weighted by Gasteiger charge is -2.10. The standard InChI is InChI=1S/C20H25NO3S/c1-4-16(3)17-7-9-18(10-8-17)21-20(22)13-14-25(23,24)19-11-5-15(2)6-12-19/h5-12,16H,4,13-14H2,1-3H3,(H,21,22)/t16-/m1/s1. The molecule has 0 bridgehead atoms. The third kappa shape index (κ3) is 5.43. The van der Waals surface area contributed by atoms with Crippen molar-refractivity contribution in [2.45, 2.75) is 44.4 Å². The Morgan fingerprint density at radius 1 is 1.04 bits per heavy atom. The molecule has 1 N–H and O–H groups in total. The molecule has 0 aliphatic rings. The maximum Gasteiger partial charge on any atom is 0.225 e. The van der Waals surface area contributed by atoms with Gasteiger partial charge in [0.05, 0.1) is 10.6 Å². The molecular weight excluding hydrogens is 334 g/mol. The quantitative estimate of drug-likeness (QED) is 0.801. The van der Waals surface area contributed by atoms with Crippen LogP contribution in [-0.2, 0) is 14.6 Å². The van der Waals surface area contributed by atoms with Crippen LogP contribution < -0.4 is 5.32 Å². The fourth-order valence-corrected chi connectivity index (χ4v) is 3.69. The monoisotopic (exact) mass is 359 g/mol. The lowest BCUT2D eigenvalue weighted by Crippen LogP contribution is -2.17. The number of benzene rings is 2. The summed E-state index contributed by atoms with van der Waals surface area (Å²) in [5.41, 5.74) is 2.91. The third-order valence-electron chi connectivity index (χ3n) is 4.35. The number of sulfone groups is 1. The maximum absolute atomic E-state index is 12.3. The number of carbonyl (C=O) groups excluding carboxylic acids is 1. The Balaban J connectivity index is 1.93. The van der Waals surface area contributed by atoms with Crippen LogP contribution in [0.1, 0.15) is 43.7 Å². The number of amides is 1. The zero-order valence-electron chi connectivity index (χ0n) is 15.0. The van der Waals surface area contributed by atoms with Gasteiger partial charge in [-0.15, -0.1) is 0 Å². The fourth-order valence-electron chi connectivity index (χ4n) is 2.44. The van der Waals surface area contributed by atoms with Gasteiger partial charge in [0.1, 0.15) is 0 Å². The highest BCUT2D eigenvalue weighted by Gasteiger charge is 2.16. The summed E-state index contributed by atoms with van der Waals surface area (Å²) in [7, 11) is -3.45. The van der Waals surface area contributed by atoms with Crippen molar-refractivity contribution in [1.29, 1.82) is 0 Å². The van der Waals surface area contributed by atoms with Crippen LogP contribution in [-0.4, -0.2) is 20.1 Å². The normalized spacial score (nSPS) is 12.6. The molecule has 2 aromatic rings. The first-order valence-electron chi connectivity index (χ1n) is 8.51. The molecule has 0 aliphatic heterocycles. The molecule has 2 rings (SSSR count). The minimum absolute atomic E-state index is 0.0661. The van der Waals surface area contributed by atoms with E-state index < -0.39 is 9.84 Å². The summed E-state index contributed by atoms with van der Waals surface area (Å²) in [6, 6.07) is 14.4. The second kappa shape index (κ2) is 8.30. The van der Waals surface area contributed by atoms with E-state index in [-0.39, 0.29) is 23.0 Å². The Kier molecular flexibility index (Phi) is 6.37. The predicted octanol–water partition coefficient (Wildman–Crippen LogP) is 4.31. The lowest BCUT2D eigenvalue weighted by atomic mass is 9.99. The molecule has 0 spiro atoms. The lowest BCUT2D eigenvalue weighted by molar-refractivity contribution is -0.115. The summed E-state index contributed by atoms with van der Waals surface area (Å²) in [4.78, 5) is 12.3. The molecule has 0 saturated carbocycles. The van der Waals surface area contributed by atoms with Crippen LogP contribution in [0.5, 0.6) is 0 Å². The van der Waals surface area contributed by atoms with Gasteiger partial charge in [-0.1, -0.05) is 43.7 Å². The molecule has 0 radical (unpaired) electrons. The topological polar surface area (TPSA) is 63.2 Å². The van der Waals surface area contributed by atoms with E-state index in [0.717, 1.165) is 12.0 Å². The average molecular weight is 359 g/mol. The van der Waals surface area contributed by atoms with E-state index in [2.05, 4.69) is 19.2 Å². The van der Waals surface area contributed by atoms with E-state index in [1.54, 1.807) is 24.3 Å². The highest BCUT2D eigenvalue weighted by atomic mass is 32.2. The molecule has 1 amide bonds. The minimum Gasteiger partial charge on any atom is -0.326 e. The van der Waals surface area contributed by atoms with Gasteiger partial charge in [-0.2, -0.15) is 0 Å². The molecule has 134 valence electrons. The number of anilines is 1. The van der Waals surface area contributed by atoms with Gasteiger partial charge in [0, 0.05) is 12.1 Å². The molecule has 5 heteroatoms. The van der Waals surface area contributed by atoms with Gasteiger partial charge < -0.3 is 5.32 Å². The number of nitrogens with one attached hydrogen (secondary N) is 1. The summed E-state index contributed by atoms with van der Waals surface area (Å²) in [6.45, 7) is 6.19. The van der Waals surface area contributed by atoms with Crippen molar-refractivity contribution < 1.29 is 13.2 Å². The van der Waals surface area contributed by atoms with Crippen LogP contribution in [0.15, 0.2) is 53.4 Å². The molecule has 0 aromatic heterocycles. The molecule has 0 heterocycles. The van der Waals surface area contributed by atoms with E-state index >= 15 is 0 Å². The SMILES string of the molecule is CC[C@@H](C)c1ccc(NC(=O)CCS(=O)(=O)c2ccc(C)cc2)cc1. The van der Waals surface area contributed by atoms with E-state index in [4.69, 9.17) is 0 Å². The van der Waals surface area contributed by atoms with Crippen molar-refractivity contribution in [3.8, 4) is 0 Å². The number of hydrogen-bond acceptors (Lipinski definition) is 3. The summed E-state index contributed by atoms with van der Waals surface area (Å²) in [5, 5.41) is 2.76. The Labute approximate surface area is 150 Å². The highest BCUT2D eigenvalue weighted by molar-refractivity contribution is 7.91. The van der Waals surface area contributed by atoms with Crippen molar-refractivity contribution in [1.82, 2.24) is 0 Å². The Hall–Kier alpha value is -2.14. The van der Waals surface area contributed by atoms with Crippen LogP contribution in [0.4, 0.5) is 5.69 Å². The summed E-state index contributed by atoms with van der Waals surface area (Å²) >= 11 is 0. The first-order valence-corrected chi connectivity index (χ1v) is 10.2. The first kappa shape index (κ1) is 19.2. The number of rotatable bonds is 7. The van der Waals surface area contributed by atoms with Gasteiger partial charge in [0.25, 0.3) is 0 Å². The molecule has 1 atom stereocenters. The molecule has 2 aromatic carbocycles.